The van der Waals surface area contributed by atoms with Gasteiger partial charge in [0.2, 0.25) is 0 Å². The van der Waals surface area contributed by atoms with Gasteiger partial charge in [-0.3, -0.25) is 5.32 Å². The van der Waals surface area contributed by atoms with E-state index in [1.165, 1.54) is 77.0 Å². The summed E-state index contributed by atoms with van der Waals surface area (Å²) in [6.45, 7) is 5.04. The molecule has 4 N–H and O–H groups in total. The van der Waals surface area contributed by atoms with Crippen LogP contribution in [0.5, 0.6) is 0 Å². The van der Waals surface area contributed by atoms with Gasteiger partial charge in [-0.15, -0.1) is 0 Å². The standard InChI is InChI=1S/C20H44N2O/c1-3-4-5-6-7-8-9-10-11-12-13-14-15-16-20(23)22-19(2)17-18-21/h19-20,22-23H,3-18,21H2,1-2H3. The normalized spacial score (nSPS) is 14.1. The third kappa shape index (κ3) is 18.1. The van der Waals surface area contributed by atoms with Crippen molar-refractivity contribution in [2.45, 2.75) is 122 Å². The highest BCUT2D eigenvalue weighted by atomic mass is 16.3. The lowest BCUT2D eigenvalue weighted by Gasteiger charge is -2.18. The molecule has 0 bridgehead atoms. The van der Waals surface area contributed by atoms with E-state index in [1.807, 2.05) is 0 Å². The van der Waals surface area contributed by atoms with E-state index in [9.17, 15) is 5.11 Å². The first-order valence-electron chi connectivity index (χ1n) is 10.3. The minimum Gasteiger partial charge on any atom is -0.379 e. The number of hydrogen-bond acceptors (Lipinski definition) is 3. The molecule has 23 heavy (non-hydrogen) atoms. The van der Waals surface area contributed by atoms with Crippen LogP contribution in [0.4, 0.5) is 0 Å². The summed E-state index contributed by atoms with van der Waals surface area (Å²) in [5.41, 5.74) is 5.51. The molecule has 2 atom stereocenters. The van der Waals surface area contributed by atoms with Crippen molar-refractivity contribution in [2.75, 3.05) is 6.54 Å². The first-order valence-corrected chi connectivity index (χ1v) is 10.3. The van der Waals surface area contributed by atoms with Crippen molar-refractivity contribution in [2.24, 2.45) is 5.73 Å². The molecule has 3 heteroatoms. The van der Waals surface area contributed by atoms with Crippen LogP contribution < -0.4 is 11.1 Å². The lowest BCUT2D eigenvalue weighted by atomic mass is 10.0. The van der Waals surface area contributed by atoms with Crippen molar-refractivity contribution in [1.29, 1.82) is 0 Å². The molecule has 140 valence electrons. The topological polar surface area (TPSA) is 58.3 Å². The van der Waals surface area contributed by atoms with Crippen LogP contribution >= 0.6 is 0 Å². The van der Waals surface area contributed by atoms with E-state index in [1.54, 1.807) is 0 Å². The van der Waals surface area contributed by atoms with E-state index in [-0.39, 0.29) is 6.23 Å². The van der Waals surface area contributed by atoms with Gasteiger partial charge in [-0.2, -0.15) is 0 Å². The van der Waals surface area contributed by atoms with E-state index in [0.29, 0.717) is 12.6 Å². The number of hydrogen-bond donors (Lipinski definition) is 3. The molecular formula is C20H44N2O. The highest BCUT2D eigenvalue weighted by molar-refractivity contribution is 4.63. The summed E-state index contributed by atoms with van der Waals surface area (Å²) in [6.07, 6.45) is 19.2. The monoisotopic (exact) mass is 328 g/mol. The maximum absolute atomic E-state index is 9.87. The zero-order valence-electron chi connectivity index (χ0n) is 16.0. The van der Waals surface area contributed by atoms with Gasteiger partial charge < -0.3 is 10.8 Å². The highest BCUT2D eigenvalue weighted by Gasteiger charge is 2.07. The first kappa shape index (κ1) is 22.9. The molecule has 0 heterocycles. The smallest absolute Gasteiger partial charge is 0.105 e. The van der Waals surface area contributed by atoms with Crippen LogP contribution in [-0.4, -0.2) is 23.9 Å². The molecule has 2 unspecified atom stereocenters. The molecule has 0 aromatic heterocycles. The average molecular weight is 329 g/mol. The van der Waals surface area contributed by atoms with Gasteiger partial charge in [0.05, 0.1) is 0 Å². The van der Waals surface area contributed by atoms with E-state index < -0.39 is 0 Å². The van der Waals surface area contributed by atoms with Crippen LogP contribution in [0.3, 0.4) is 0 Å². The summed E-state index contributed by atoms with van der Waals surface area (Å²) in [5.74, 6) is 0. The van der Waals surface area contributed by atoms with Gasteiger partial charge in [-0.25, -0.2) is 0 Å². The van der Waals surface area contributed by atoms with Crippen molar-refractivity contribution < 1.29 is 5.11 Å². The molecule has 0 amide bonds. The SMILES string of the molecule is CCCCCCCCCCCCCCCC(O)NC(C)CCN. The van der Waals surface area contributed by atoms with Crippen LogP contribution in [0.1, 0.15) is 110 Å². The zero-order valence-corrected chi connectivity index (χ0v) is 16.0. The molecule has 0 saturated heterocycles. The Balaban J connectivity index is 3.15. The molecule has 0 aliphatic carbocycles. The fourth-order valence-electron chi connectivity index (χ4n) is 3.10. The lowest BCUT2D eigenvalue weighted by Crippen LogP contribution is -2.37. The van der Waals surface area contributed by atoms with Crippen LogP contribution in [0.25, 0.3) is 0 Å². The van der Waals surface area contributed by atoms with Gasteiger partial charge in [-0.1, -0.05) is 84.0 Å². The zero-order chi connectivity index (χ0) is 17.2. The number of nitrogens with two attached hydrogens (primary N) is 1. The number of aliphatic hydroxyl groups is 1. The van der Waals surface area contributed by atoms with Crippen LogP contribution in [-0.2, 0) is 0 Å². The van der Waals surface area contributed by atoms with E-state index >= 15 is 0 Å². The second kappa shape index (κ2) is 18.2. The van der Waals surface area contributed by atoms with Gasteiger partial charge in [0.1, 0.15) is 6.23 Å². The van der Waals surface area contributed by atoms with Crippen LogP contribution in [0.2, 0.25) is 0 Å². The maximum atomic E-state index is 9.87. The molecule has 0 aliphatic heterocycles. The average Bonchev–Trinajstić information content (AvgIpc) is 2.52. The second-order valence-electron chi connectivity index (χ2n) is 7.19. The number of unbranched alkanes of at least 4 members (excludes halogenated alkanes) is 12. The van der Waals surface area contributed by atoms with E-state index in [0.717, 1.165) is 19.3 Å². The Labute approximate surface area is 145 Å². The van der Waals surface area contributed by atoms with Crippen molar-refractivity contribution in [3.8, 4) is 0 Å². The molecule has 0 spiro atoms. The van der Waals surface area contributed by atoms with Gasteiger partial charge in [-0.05, 0) is 32.7 Å². The van der Waals surface area contributed by atoms with E-state index in [4.69, 9.17) is 5.73 Å². The van der Waals surface area contributed by atoms with Gasteiger partial charge in [0.15, 0.2) is 0 Å². The summed E-state index contributed by atoms with van der Waals surface area (Å²) >= 11 is 0. The number of aliphatic hydroxyl groups excluding tert-OH is 1. The number of rotatable bonds is 18. The fraction of sp³-hybridized carbons (Fsp3) is 1.00. The van der Waals surface area contributed by atoms with Crippen molar-refractivity contribution >= 4 is 0 Å². The summed E-state index contributed by atoms with van der Waals surface area (Å²) in [4.78, 5) is 0. The van der Waals surface area contributed by atoms with Crippen LogP contribution in [0.15, 0.2) is 0 Å². The molecule has 0 saturated carbocycles. The fourth-order valence-corrected chi connectivity index (χ4v) is 3.10. The van der Waals surface area contributed by atoms with Crippen molar-refractivity contribution in [3.63, 3.8) is 0 Å². The highest BCUT2D eigenvalue weighted by Crippen LogP contribution is 2.13. The minimum absolute atomic E-state index is 0.317. The Morgan fingerprint density at radius 1 is 0.739 bits per heavy atom. The molecule has 0 radical (unpaired) electrons. The van der Waals surface area contributed by atoms with Gasteiger partial charge in [0, 0.05) is 6.04 Å². The molecule has 3 nitrogen and oxygen atoms in total. The quantitative estimate of drug-likeness (QED) is 0.242. The van der Waals surface area contributed by atoms with Crippen molar-refractivity contribution in [3.05, 3.63) is 0 Å². The summed E-state index contributed by atoms with van der Waals surface area (Å²) < 4.78 is 0. The largest absolute Gasteiger partial charge is 0.379 e. The molecule has 0 aliphatic rings. The van der Waals surface area contributed by atoms with Gasteiger partial charge in [0.25, 0.3) is 0 Å². The third-order valence-corrected chi connectivity index (χ3v) is 4.66. The Morgan fingerprint density at radius 3 is 1.61 bits per heavy atom. The lowest BCUT2D eigenvalue weighted by molar-refractivity contribution is 0.111. The second-order valence-corrected chi connectivity index (χ2v) is 7.19. The molecule has 0 aromatic rings. The van der Waals surface area contributed by atoms with Crippen molar-refractivity contribution in [1.82, 2.24) is 5.32 Å². The molecule has 0 aromatic carbocycles. The summed E-state index contributed by atoms with van der Waals surface area (Å²) in [7, 11) is 0. The van der Waals surface area contributed by atoms with Crippen LogP contribution in [0, 0.1) is 0 Å². The molecule has 0 fully saturated rings. The van der Waals surface area contributed by atoms with E-state index in [2.05, 4.69) is 19.2 Å². The molecule has 0 rings (SSSR count). The maximum Gasteiger partial charge on any atom is 0.105 e. The predicted molar refractivity (Wildman–Crippen MR) is 103 cm³/mol. The Hall–Kier alpha value is -0.120. The summed E-state index contributed by atoms with van der Waals surface area (Å²) in [6, 6.07) is 0.317. The predicted octanol–water partition coefficient (Wildman–Crippen LogP) is 5.11. The molecular weight excluding hydrogens is 284 g/mol. The first-order chi connectivity index (χ1) is 11.2. The van der Waals surface area contributed by atoms with Gasteiger partial charge >= 0.3 is 0 Å². The Bertz CT molecular complexity index is 224. The summed E-state index contributed by atoms with van der Waals surface area (Å²) in [5, 5.41) is 13.1. The number of nitrogens with one attached hydrogen (secondary N) is 1. The third-order valence-electron chi connectivity index (χ3n) is 4.66. The Kier molecular flexibility index (Phi) is 18.1. The minimum atomic E-state index is -0.357. The Morgan fingerprint density at radius 2 is 1.17 bits per heavy atom.